The van der Waals surface area contributed by atoms with Crippen molar-refractivity contribution in [3.63, 3.8) is 0 Å². The van der Waals surface area contributed by atoms with Crippen LogP contribution in [-0.4, -0.2) is 21.3 Å². The molecule has 0 spiro atoms. The highest BCUT2D eigenvalue weighted by Gasteiger charge is 2.15. The number of hydrogen-bond donors (Lipinski definition) is 1. The molecular formula is C15H16N2OS. The first-order valence-electron chi connectivity index (χ1n) is 6.57. The van der Waals surface area contributed by atoms with E-state index in [-0.39, 0.29) is 6.61 Å². The van der Waals surface area contributed by atoms with Crippen LogP contribution >= 0.6 is 11.3 Å². The summed E-state index contributed by atoms with van der Waals surface area (Å²) in [6, 6.07) is 2.10. The summed E-state index contributed by atoms with van der Waals surface area (Å²) in [5.41, 5.74) is 3.67. The molecule has 3 nitrogen and oxygen atoms in total. The summed E-state index contributed by atoms with van der Waals surface area (Å²) >= 11 is 1.72. The first-order valence-corrected chi connectivity index (χ1v) is 7.45. The Balaban J connectivity index is 1.78. The molecule has 1 N–H and O–H groups in total. The predicted molar refractivity (Wildman–Crippen MR) is 76.3 cm³/mol. The average molecular weight is 272 g/mol. The Labute approximate surface area is 116 Å². The van der Waals surface area contributed by atoms with Gasteiger partial charge < -0.3 is 9.67 Å². The number of thiophene rings is 1. The quantitative estimate of drug-likeness (QED) is 0.851. The fraction of sp³-hybridized carbons (Fsp3) is 0.400. The van der Waals surface area contributed by atoms with Crippen molar-refractivity contribution in [3.05, 3.63) is 39.6 Å². The number of aryl methyl sites for hydroxylation is 1. The Kier molecular flexibility index (Phi) is 3.67. The first-order chi connectivity index (χ1) is 9.36. The molecule has 1 aliphatic carbocycles. The summed E-state index contributed by atoms with van der Waals surface area (Å²) in [5.74, 6) is 5.62. The van der Waals surface area contributed by atoms with Crippen molar-refractivity contribution < 1.29 is 5.11 Å². The highest BCUT2D eigenvalue weighted by Crippen LogP contribution is 2.22. The molecule has 0 atom stereocenters. The summed E-state index contributed by atoms with van der Waals surface area (Å²) in [6.07, 6.45) is 6.78. The van der Waals surface area contributed by atoms with E-state index in [0.29, 0.717) is 0 Å². The van der Waals surface area contributed by atoms with Crippen molar-refractivity contribution in [1.82, 2.24) is 9.55 Å². The van der Waals surface area contributed by atoms with Crippen LogP contribution in [0.15, 0.2) is 17.8 Å². The van der Waals surface area contributed by atoms with E-state index in [4.69, 9.17) is 5.11 Å². The van der Waals surface area contributed by atoms with Crippen LogP contribution in [0, 0.1) is 11.8 Å². The fourth-order valence-corrected chi connectivity index (χ4v) is 3.32. The number of aromatic nitrogens is 2. The van der Waals surface area contributed by atoms with Gasteiger partial charge in [-0.1, -0.05) is 11.8 Å². The molecular weight excluding hydrogens is 256 g/mol. The molecule has 2 heterocycles. The van der Waals surface area contributed by atoms with Gasteiger partial charge in [0.25, 0.3) is 0 Å². The second-order valence-electron chi connectivity index (χ2n) is 4.73. The smallest absolute Gasteiger partial charge is 0.104 e. The second kappa shape index (κ2) is 5.60. The molecule has 2 aromatic rings. The van der Waals surface area contributed by atoms with Gasteiger partial charge in [0.2, 0.25) is 0 Å². The summed E-state index contributed by atoms with van der Waals surface area (Å²) in [7, 11) is 0. The van der Waals surface area contributed by atoms with Gasteiger partial charge in [-0.3, -0.25) is 0 Å². The normalized spacial score (nSPS) is 13.7. The highest BCUT2D eigenvalue weighted by atomic mass is 32.1. The Morgan fingerprint density at radius 3 is 3.16 bits per heavy atom. The molecule has 4 heteroatoms. The van der Waals surface area contributed by atoms with Gasteiger partial charge in [-0.05, 0) is 31.7 Å². The average Bonchev–Trinajstić information content (AvgIpc) is 3.05. The van der Waals surface area contributed by atoms with Crippen LogP contribution < -0.4 is 0 Å². The van der Waals surface area contributed by atoms with Gasteiger partial charge in [0.1, 0.15) is 6.61 Å². The van der Waals surface area contributed by atoms with Crippen LogP contribution in [0.1, 0.15) is 34.7 Å². The molecule has 3 rings (SSSR count). The standard InChI is InChI=1S/C15H16N2OS/c18-7-3-4-12-8-13(19-10-12)9-17-11-16-14-5-1-2-6-15(14)17/h8,10-11,18H,1-2,5-7,9H2. The lowest BCUT2D eigenvalue weighted by Gasteiger charge is -2.13. The van der Waals surface area contributed by atoms with E-state index >= 15 is 0 Å². The van der Waals surface area contributed by atoms with E-state index in [1.54, 1.807) is 11.3 Å². The summed E-state index contributed by atoms with van der Waals surface area (Å²) in [4.78, 5) is 5.80. The van der Waals surface area contributed by atoms with Crippen molar-refractivity contribution in [2.24, 2.45) is 0 Å². The number of hydrogen-bond acceptors (Lipinski definition) is 3. The van der Waals surface area contributed by atoms with Crippen LogP contribution in [0.5, 0.6) is 0 Å². The molecule has 0 saturated carbocycles. The number of aliphatic hydroxyl groups is 1. The third kappa shape index (κ3) is 2.73. The molecule has 1 aliphatic rings. The molecule has 0 bridgehead atoms. The monoisotopic (exact) mass is 272 g/mol. The molecule has 0 fully saturated rings. The van der Waals surface area contributed by atoms with Crippen molar-refractivity contribution in [1.29, 1.82) is 0 Å². The fourth-order valence-electron chi connectivity index (χ4n) is 2.51. The zero-order chi connectivity index (χ0) is 13.1. The van der Waals surface area contributed by atoms with Crippen LogP contribution in [0.2, 0.25) is 0 Å². The maximum Gasteiger partial charge on any atom is 0.104 e. The number of nitrogens with zero attached hydrogens (tertiary/aromatic N) is 2. The zero-order valence-electron chi connectivity index (χ0n) is 10.7. The van der Waals surface area contributed by atoms with Gasteiger partial charge in [-0.25, -0.2) is 4.98 Å². The largest absolute Gasteiger partial charge is 0.384 e. The molecule has 2 aromatic heterocycles. The second-order valence-corrected chi connectivity index (χ2v) is 5.73. The molecule has 0 amide bonds. The van der Waals surface area contributed by atoms with Gasteiger partial charge in [0.05, 0.1) is 18.6 Å². The van der Waals surface area contributed by atoms with Crippen LogP contribution in [0.3, 0.4) is 0 Å². The third-order valence-corrected chi connectivity index (χ3v) is 4.32. The maximum absolute atomic E-state index is 8.69. The van der Waals surface area contributed by atoms with Crippen molar-refractivity contribution in [3.8, 4) is 11.8 Å². The number of fused-ring (bicyclic) bond motifs is 1. The van der Waals surface area contributed by atoms with Crippen LogP contribution in [-0.2, 0) is 19.4 Å². The third-order valence-electron chi connectivity index (χ3n) is 3.40. The molecule has 0 unspecified atom stereocenters. The lowest BCUT2D eigenvalue weighted by atomic mass is 10.0. The van der Waals surface area contributed by atoms with Gasteiger partial charge in [-0.15, -0.1) is 11.3 Å². The minimum Gasteiger partial charge on any atom is -0.384 e. The van der Waals surface area contributed by atoms with Crippen molar-refractivity contribution >= 4 is 11.3 Å². The van der Waals surface area contributed by atoms with E-state index in [9.17, 15) is 0 Å². The lowest BCUT2D eigenvalue weighted by molar-refractivity contribution is 0.350. The van der Waals surface area contributed by atoms with E-state index in [1.165, 1.54) is 29.1 Å². The molecule has 0 radical (unpaired) electrons. The van der Waals surface area contributed by atoms with Gasteiger partial charge in [0, 0.05) is 21.5 Å². The van der Waals surface area contributed by atoms with Crippen molar-refractivity contribution in [2.45, 2.75) is 32.2 Å². The summed E-state index contributed by atoms with van der Waals surface area (Å²) < 4.78 is 2.27. The van der Waals surface area contributed by atoms with E-state index in [2.05, 4.69) is 27.5 Å². The van der Waals surface area contributed by atoms with Gasteiger partial charge in [0.15, 0.2) is 0 Å². The Morgan fingerprint density at radius 1 is 1.37 bits per heavy atom. The number of rotatable bonds is 2. The van der Waals surface area contributed by atoms with Crippen LogP contribution in [0.4, 0.5) is 0 Å². The molecule has 98 valence electrons. The minimum absolute atomic E-state index is 0.0831. The Hall–Kier alpha value is -1.57. The van der Waals surface area contributed by atoms with E-state index < -0.39 is 0 Å². The minimum atomic E-state index is -0.0831. The topological polar surface area (TPSA) is 38.0 Å². The Morgan fingerprint density at radius 2 is 2.26 bits per heavy atom. The SMILES string of the molecule is OCC#Cc1csc(Cn2cnc3c2CCCC3)c1. The molecule has 0 saturated heterocycles. The van der Waals surface area contributed by atoms with Gasteiger partial charge >= 0.3 is 0 Å². The molecule has 0 aliphatic heterocycles. The van der Waals surface area contributed by atoms with Gasteiger partial charge in [-0.2, -0.15) is 0 Å². The first kappa shape index (κ1) is 12.5. The number of aliphatic hydroxyl groups excluding tert-OH is 1. The Bertz CT molecular complexity index is 630. The van der Waals surface area contributed by atoms with Crippen LogP contribution in [0.25, 0.3) is 0 Å². The van der Waals surface area contributed by atoms with E-state index in [0.717, 1.165) is 24.9 Å². The maximum atomic E-state index is 8.69. The van der Waals surface area contributed by atoms with E-state index in [1.807, 2.05) is 11.7 Å². The highest BCUT2D eigenvalue weighted by molar-refractivity contribution is 7.10. The molecule has 19 heavy (non-hydrogen) atoms. The molecule has 0 aromatic carbocycles. The number of imidazole rings is 1. The summed E-state index contributed by atoms with van der Waals surface area (Å²) in [5, 5.41) is 10.7. The summed E-state index contributed by atoms with van der Waals surface area (Å²) in [6.45, 7) is 0.800. The van der Waals surface area contributed by atoms with Crippen molar-refractivity contribution in [2.75, 3.05) is 6.61 Å². The predicted octanol–water partition coefficient (Wildman–Crippen LogP) is 2.22. The zero-order valence-corrected chi connectivity index (χ0v) is 11.5. The lowest BCUT2D eigenvalue weighted by Crippen LogP contribution is -2.08.